The van der Waals surface area contributed by atoms with Crippen molar-refractivity contribution in [1.29, 1.82) is 0 Å². The average molecular weight is 279 g/mol. The molecule has 2 aliphatic rings. The van der Waals surface area contributed by atoms with Crippen LogP contribution in [0.2, 0.25) is 0 Å². The van der Waals surface area contributed by atoms with E-state index in [4.69, 9.17) is 14.6 Å². The Balaban J connectivity index is 1.65. The van der Waals surface area contributed by atoms with Gasteiger partial charge in [0.15, 0.2) is 11.5 Å². The third kappa shape index (κ3) is 2.44. The Hall–Kier alpha value is -1.79. The van der Waals surface area contributed by atoms with E-state index < -0.39 is 6.10 Å². The monoisotopic (exact) mass is 279 g/mol. The van der Waals surface area contributed by atoms with Crippen LogP contribution in [0.1, 0.15) is 23.2 Å². The molecule has 1 saturated carbocycles. The third-order valence-corrected chi connectivity index (χ3v) is 3.86. The summed E-state index contributed by atoms with van der Waals surface area (Å²) in [5.41, 5.74) is 0.496. The van der Waals surface area contributed by atoms with Gasteiger partial charge in [0.2, 0.25) is 6.79 Å². The minimum absolute atomic E-state index is 0.0580. The topological polar surface area (TPSA) is 88.0 Å². The van der Waals surface area contributed by atoms with Crippen LogP contribution in [0.5, 0.6) is 11.5 Å². The number of aliphatic hydroxyl groups is 2. The van der Waals surface area contributed by atoms with Crippen LogP contribution in [0.15, 0.2) is 18.2 Å². The molecule has 0 bridgehead atoms. The van der Waals surface area contributed by atoms with Gasteiger partial charge in [0.05, 0.1) is 6.10 Å². The molecule has 1 aliphatic carbocycles. The first-order valence-corrected chi connectivity index (χ1v) is 6.67. The average Bonchev–Trinajstić information content (AvgIpc) is 3.03. The van der Waals surface area contributed by atoms with Crippen LogP contribution >= 0.6 is 0 Å². The molecule has 0 saturated heterocycles. The zero-order chi connectivity index (χ0) is 14.1. The Morgan fingerprint density at radius 1 is 1.30 bits per heavy atom. The van der Waals surface area contributed by atoms with E-state index in [0.29, 0.717) is 29.9 Å². The highest BCUT2D eigenvalue weighted by Crippen LogP contribution is 2.32. The van der Waals surface area contributed by atoms with Crippen molar-refractivity contribution < 1.29 is 24.5 Å². The van der Waals surface area contributed by atoms with Gasteiger partial charge in [-0.2, -0.15) is 0 Å². The molecule has 1 heterocycles. The van der Waals surface area contributed by atoms with E-state index in [1.807, 2.05) is 0 Å². The predicted molar refractivity (Wildman–Crippen MR) is 69.6 cm³/mol. The summed E-state index contributed by atoms with van der Waals surface area (Å²) in [5, 5.41) is 21.7. The van der Waals surface area contributed by atoms with Crippen LogP contribution in [0.3, 0.4) is 0 Å². The SMILES string of the molecule is O=C(NC1CC(O)C(CO)C1)c1ccc2c(c1)OCO2. The van der Waals surface area contributed by atoms with Crippen LogP contribution in [0.4, 0.5) is 0 Å². The van der Waals surface area contributed by atoms with Gasteiger partial charge >= 0.3 is 0 Å². The summed E-state index contributed by atoms with van der Waals surface area (Å²) in [6.45, 7) is 0.116. The van der Waals surface area contributed by atoms with E-state index in [2.05, 4.69) is 5.32 Å². The molecule has 108 valence electrons. The zero-order valence-corrected chi connectivity index (χ0v) is 10.9. The summed E-state index contributed by atoms with van der Waals surface area (Å²) >= 11 is 0. The van der Waals surface area contributed by atoms with Gasteiger partial charge in [-0.25, -0.2) is 0 Å². The highest BCUT2D eigenvalue weighted by atomic mass is 16.7. The molecule has 1 aromatic rings. The number of hydrogen-bond acceptors (Lipinski definition) is 5. The number of carbonyl (C=O) groups is 1. The molecule has 0 spiro atoms. The van der Waals surface area contributed by atoms with Gasteiger partial charge in [-0.05, 0) is 31.0 Å². The molecule has 3 unspecified atom stereocenters. The molecule has 3 N–H and O–H groups in total. The van der Waals surface area contributed by atoms with Crippen LogP contribution in [-0.2, 0) is 0 Å². The summed E-state index contributed by atoms with van der Waals surface area (Å²) in [6, 6.07) is 4.92. The minimum Gasteiger partial charge on any atom is -0.454 e. The molecule has 3 atom stereocenters. The van der Waals surface area contributed by atoms with Gasteiger partial charge in [0, 0.05) is 24.1 Å². The molecular formula is C14H17NO5. The van der Waals surface area contributed by atoms with E-state index in [1.54, 1.807) is 18.2 Å². The lowest BCUT2D eigenvalue weighted by Crippen LogP contribution is -2.33. The summed E-state index contributed by atoms with van der Waals surface area (Å²) in [6.07, 6.45) is 0.511. The standard InChI is InChI=1S/C14H17NO5/c16-6-9-3-10(5-11(9)17)15-14(18)8-1-2-12-13(4-8)20-7-19-12/h1-2,4,9-11,16-17H,3,5-7H2,(H,15,18). The number of fused-ring (bicyclic) bond motifs is 1. The predicted octanol–water partition coefficient (Wildman–Crippen LogP) is 0.277. The van der Waals surface area contributed by atoms with Crippen molar-refractivity contribution in [1.82, 2.24) is 5.32 Å². The van der Waals surface area contributed by atoms with Gasteiger partial charge < -0.3 is 25.0 Å². The summed E-state index contributed by atoms with van der Waals surface area (Å²) in [7, 11) is 0. The van der Waals surface area contributed by atoms with Crippen LogP contribution < -0.4 is 14.8 Å². The third-order valence-electron chi connectivity index (χ3n) is 3.86. The van der Waals surface area contributed by atoms with Gasteiger partial charge in [-0.15, -0.1) is 0 Å². The quantitative estimate of drug-likeness (QED) is 0.739. The summed E-state index contributed by atoms with van der Waals surface area (Å²) in [5.74, 6) is 0.840. The smallest absolute Gasteiger partial charge is 0.251 e. The molecule has 0 radical (unpaired) electrons. The molecule has 6 nitrogen and oxygen atoms in total. The van der Waals surface area contributed by atoms with E-state index in [9.17, 15) is 9.90 Å². The van der Waals surface area contributed by atoms with Crippen molar-refractivity contribution >= 4 is 5.91 Å². The van der Waals surface area contributed by atoms with Crippen molar-refractivity contribution in [2.75, 3.05) is 13.4 Å². The van der Waals surface area contributed by atoms with Gasteiger partial charge in [0.1, 0.15) is 0 Å². The lowest BCUT2D eigenvalue weighted by molar-refractivity contribution is 0.0903. The number of carbonyl (C=O) groups excluding carboxylic acids is 1. The second kappa shape index (κ2) is 5.30. The van der Waals surface area contributed by atoms with Crippen molar-refractivity contribution in [3.63, 3.8) is 0 Å². The fourth-order valence-corrected chi connectivity index (χ4v) is 2.72. The molecule has 0 aromatic heterocycles. The lowest BCUT2D eigenvalue weighted by Gasteiger charge is -2.12. The Kier molecular flexibility index (Phi) is 3.50. The summed E-state index contributed by atoms with van der Waals surface area (Å²) in [4.78, 5) is 12.2. The molecule has 6 heteroatoms. The maximum atomic E-state index is 12.2. The second-order valence-electron chi connectivity index (χ2n) is 5.22. The highest BCUT2D eigenvalue weighted by Gasteiger charge is 2.33. The first kappa shape index (κ1) is 13.2. The maximum Gasteiger partial charge on any atom is 0.251 e. The van der Waals surface area contributed by atoms with E-state index in [0.717, 1.165) is 0 Å². The van der Waals surface area contributed by atoms with E-state index >= 15 is 0 Å². The molecule has 1 fully saturated rings. The normalized spacial score (nSPS) is 27.6. The van der Waals surface area contributed by atoms with Crippen LogP contribution in [0, 0.1) is 5.92 Å². The number of amides is 1. The fraction of sp³-hybridized carbons (Fsp3) is 0.500. The van der Waals surface area contributed by atoms with E-state index in [-0.39, 0.29) is 31.3 Å². The Labute approximate surface area is 116 Å². The lowest BCUT2D eigenvalue weighted by atomic mass is 10.1. The first-order chi connectivity index (χ1) is 9.67. The largest absolute Gasteiger partial charge is 0.454 e. The molecule has 1 aliphatic heterocycles. The molecule has 20 heavy (non-hydrogen) atoms. The highest BCUT2D eigenvalue weighted by molar-refractivity contribution is 5.95. The van der Waals surface area contributed by atoms with Crippen molar-refractivity contribution in [3.05, 3.63) is 23.8 Å². The first-order valence-electron chi connectivity index (χ1n) is 6.67. The van der Waals surface area contributed by atoms with E-state index in [1.165, 1.54) is 0 Å². The molecular weight excluding hydrogens is 262 g/mol. The number of ether oxygens (including phenoxy) is 2. The Morgan fingerprint density at radius 2 is 2.10 bits per heavy atom. The molecule has 3 rings (SSSR count). The minimum atomic E-state index is -0.554. The fourth-order valence-electron chi connectivity index (χ4n) is 2.72. The molecule has 1 aromatic carbocycles. The van der Waals surface area contributed by atoms with Gasteiger partial charge in [-0.3, -0.25) is 4.79 Å². The van der Waals surface area contributed by atoms with Crippen LogP contribution in [-0.4, -0.2) is 41.7 Å². The Morgan fingerprint density at radius 3 is 2.85 bits per heavy atom. The van der Waals surface area contributed by atoms with Gasteiger partial charge in [0.25, 0.3) is 5.91 Å². The van der Waals surface area contributed by atoms with Crippen molar-refractivity contribution in [3.8, 4) is 11.5 Å². The maximum absolute atomic E-state index is 12.2. The Bertz CT molecular complexity index is 518. The number of nitrogens with one attached hydrogen (secondary N) is 1. The number of hydrogen-bond donors (Lipinski definition) is 3. The zero-order valence-electron chi connectivity index (χ0n) is 10.9. The van der Waals surface area contributed by atoms with Crippen molar-refractivity contribution in [2.45, 2.75) is 25.0 Å². The van der Waals surface area contributed by atoms with Gasteiger partial charge in [-0.1, -0.05) is 0 Å². The summed E-state index contributed by atoms with van der Waals surface area (Å²) < 4.78 is 10.4. The van der Waals surface area contributed by atoms with Crippen LogP contribution in [0.25, 0.3) is 0 Å². The second-order valence-corrected chi connectivity index (χ2v) is 5.22. The number of benzene rings is 1. The van der Waals surface area contributed by atoms with Crippen molar-refractivity contribution in [2.24, 2.45) is 5.92 Å². The number of aliphatic hydroxyl groups excluding tert-OH is 2. The molecule has 1 amide bonds. The number of rotatable bonds is 3.